The maximum atomic E-state index is 14.7. The van der Waals surface area contributed by atoms with Crippen LogP contribution in [0.5, 0.6) is 0 Å². The van der Waals surface area contributed by atoms with E-state index in [2.05, 4.69) is 20.3 Å². The minimum absolute atomic E-state index is 0.229. The van der Waals surface area contributed by atoms with Crippen LogP contribution in [0.4, 0.5) is 8.78 Å². The Balaban J connectivity index is 1.56. The quantitative estimate of drug-likeness (QED) is 0.350. The topological polar surface area (TPSA) is 84.2 Å². The first-order valence-electron chi connectivity index (χ1n) is 10.8. The van der Waals surface area contributed by atoms with Crippen LogP contribution in [-0.2, 0) is 0 Å². The number of benzene rings is 1. The van der Waals surface area contributed by atoms with E-state index in [1.807, 2.05) is 36.8 Å². The third-order valence-corrected chi connectivity index (χ3v) is 5.87. The Morgan fingerprint density at radius 1 is 0.629 bits per heavy atom. The molecule has 5 aromatic heterocycles. The number of aromatic nitrogens is 9. The van der Waals surface area contributed by atoms with Gasteiger partial charge in [0.2, 0.25) is 0 Å². The molecule has 0 radical (unpaired) electrons. The predicted octanol–water partition coefficient (Wildman–Crippen LogP) is 3.41. The minimum Gasteiger partial charge on any atom is -0.379 e. The van der Waals surface area contributed by atoms with Crippen LogP contribution in [0.2, 0.25) is 0 Å². The largest absolute Gasteiger partial charge is 0.466 e. The van der Waals surface area contributed by atoms with Gasteiger partial charge in [-0.15, -0.1) is 0 Å². The van der Waals surface area contributed by atoms with Crippen molar-refractivity contribution in [1.82, 2.24) is 43.7 Å². The molecule has 0 aliphatic rings. The molecular formula is C23H17BF2N9-. The van der Waals surface area contributed by atoms with Crippen LogP contribution in [-0.4, -0.2) is 50.4 Å². The average molecular weight is 468 g/mol. The smallest absolute Gasteiger partial charge is 0.379 e. The number of hydrogen-bond acceptors (Lipinski definition) is 5. The molecule has 6 rings (SSSR count). The number of rotatable bonds is 6. The van der Waals surface area contributed by atoms with Crippen molar-refractivity contribution in [3.63, 3.8) is 0 Å². The van der Waals surface area contributed by atoms with Gasteiger partial charge < -0.3 is 18.4 Å². The molecule has 0 aliphatic heterocycles. The van der Waals surface area contributed by atoms with Gasteiger partial charge in [0, 0.05) is 42.0 Å². The lowest BCUT2D eigenvalue weighted by molar-refractivity contribution is 0.585. The van der Waals surface area contributed by atoms with Gasteiger partial charge >= 0.3 is 6.69 Å². The van der Waals surface area contributed by atoms with Crippen LogP contribution in [0.25, 0.3) is 22.5 Å². The molecule has 0 atom stereocenters. The molecule has 12 heteroatoms. The molecule has 0 amide bonds. The van der Waals surface area contributed by atoms with Crippen LogP contribution >= 0.6 is 0 Å². The summed E-state index contributed by atoms with van der Waals surface area (Å²) in [5.74, 6) is -1.33. The first kappa shape index (κ1) is 20.7. The maximum absolute atomic E-state index is 14.7. The summed E-state index contributed by atoms with van der Waals surface area (Å²) in [4.78, 5) is 4.48. The molecule has 0 aliphatic carbocycles. The summed E-state index contributed by atoms with van der Waals surface area (Å²) < 4.78 is 35.1. The van der Waals surface area contributed by atoms with Gasteiger partial charge in [-0.3, -0.25) is 4.98 Å². The Labute approximate surface area is 197 Å². The van der Waals surface area contributed by atoms with Crippen molar-refractivity contribution in [2.45, 2.75) is 0 Å². The molecule has 9 nitrogen and oxygen atoms in total. The maximum Gasteiger partial charge on any atom is 0.466 e. The number of pyridine rings is 1. The van der Waals surface area contributed by atoms with Crippen molar-refractivity contribution in [2.24, 2.45) is 0 Å². The first-order chi connectivity index (χ1) is 17.2. The van der Waals surface area contributed by atoms with E-state index in [1.54, 1.807) is 67.6 Å². The number of halogens is 2. The minimum atomic E-state index is -2.18. The van der Waals surface area contributed by atoms with E-state index in [9.17, 15) is 8.78 Å². The molecule has 1 aromatic carbocycles. The van der Waals surface area contributed by atoms with E-state index in [0.29, 0.717) is 17.0 Å². The van der Waals surface area contributed by atoms with Crippen LogP contribution in [0.3, 0.4) is 0 Å². The van der Waals surface area contributed by atoms with Crippen molar-refractivity contribution in [1.29, 1.82) is 0 Å². The molecule has 0 unspecified atom stereocenters. The highest BCUT2D eigenvalue weighted by Crippen LogP contribution is 2.31. The van der Waals surface area contributed by atoms with Gasteiger partial charge in [0.25, 0.3) is 0 Å². The van der Waals surface area contributed by atoms with E-state index < -0.39 is 18.3 Å². The molecule has 5 heterocycles. The standard InChI is InChI=1S/C23H17BF2N9/c25-18-6-7-19(21(26)17-18)20-5-1-9-27-23(20)22-8-16-35(31-22)24(32-13-2-10-28-32,33-14-3-11-29-33)34-15-4-12-30-34/h1-17H/q-1. The van der Waals surface area contributed by atoms with Gasteiger partial charge in [0.05, 0.1) is 5.69 Å². The second-order valence-corrected chi connectivity index (χ2v) is 7.86. The van der Waals surface area contributed by atoms with Crippen LogP contribution < -0.4 is 0 Å². The molecule has 172 valence electrons. The lowest BCUT2D eigenvalue weighted by Gasteiger charge is -2.41. The average Bonchev–Trinajstić information content (AvgIpc) is 3.70. The second kappa shape index (κ2) is 8.17. The molecule has 6 aromatic rings. The molecule has 0 saturated carbocycles. The van der Waals surface area contributed by atoms with Crippen molar-refractivity contribution >= 4 is 6.69 Å². The van der Waals surface area contributed by atoms with Gasteiger partial charge in [-0.25, -0.2) is 29.2 Å². The highest BCUT2D eigenvalue weighted by molar-refractivity contribution is 6.72. The van der Waals surface area contributed by atoms with Crippen LogP contribution in [0.15, 0.2) is 104 Å². The fourth-order valence-corrected chi connectivity index (χ4v) is 4.38. The Kier molecular flexibility index (Phi) is 4.84. The zero-order chi connectivity index (χ0) is 23.8. The number of nitrogens with zero attached hydrogens (tertiary/aromatic N) is 9. The Hall–Kier alpha value is -4.87. The van der Waals surface area contributed by atoms with Crippen molar-refractivity contribution < 1.29 is 8.78 Å². The van der Waals surface area contributed by atoms with Gasteiger partial charge in [0.1, 0.15) is 17.3 Å². The highest BCUT2D eigenvalue weighted by atomic mass is 19.1. The molecule has 0 fully saturated rings. The van der Waals surface area contributed by atoms with E-state index in [-0.39, 0.29) is 5.56 Å². The normalized spacial score (nSPS) is 11.7. The SMILES string of the molecule is Fc1ccc(-c2cccnc2-c2ccn([B-](n3cccn3)(n3cccn3)n3cccn3)n2)c(F)c1. The summed E-state index contributed by atoms with van der Waals surface area (Å²) in [5, 5.41) is 18.4. The van der Waals surface area contributed by atoms with Gasteiger partial charge in [-0.1, -0.05) is 6.07 Å². The van der Waals surface area contributed by atoms with E-state index in [0.717, 1.165) is 6.07 Å². The van der Waals surface area contributed by atoms with E-state index in [4.69, 9.17) is 5.10 Å². The van der Waals surface area contributed by atoms with Gasteiger partial charge in [-0.2, -0.15) is 0 Å². The lowest BCUT2D eigenvalue weighted by atomic mass is 9.75. The molecular weight excluding hydrogens is 451 g/mol. The van der Waals surface area contributed by atoms with Gasteiger partial charge in [0.15, 0.2) is 0 Å². The number of hydrogen-bond donors (Lipinski definition) is 0. The zero-order valence-corrected chi connectivity index (χ0v) is 18.2. The lowest BCUT2D eigenvalue weighted by Crippen LogP contribution is -2.65. The Bertz CT molecular complexity index is 1490. The first-order valence-corrected chi connectivity index (χ1v) is 10.8. The summed E-state index contributed by atoms with van der Waals surface area (Å²) >= 11 is 0. The van der Waals surface area contributed by atoms with Crippen molar-refractivity contribution in [3.05, 3.63) is 116 Å². The Morgan fingerprint density at radius 3 is 1.86 bits per heavy atom. The van der Waals surface area contributed by atoms with Crippen LogP contribution in [0.1, 0.15) is 0 Å². The summed E-state index contributed by atoms with van der Waals surface area (Å²) in [6.45, 7) is -2.18. The molecule has 0 spiro atoms. The molecule has 35 heavy (non-hydrogen) atoms. The molecule has 0 saturated heterocycles. The Morgan fingerprint density at radius 2 is 1.29 bits per heavy atom. The third kappa shape index (κ3) is 3.26. The fourth-order valence-electron chi connectivity index (χ4n) is 4.38. The predicted molar refractivity (Wildman–Crippen MR) is 125 cm³/mol. The highest BCUT2D eigenvalue weighted by Gasteiger charge is 2.39. The zero-order valence-electron chi connectivity index (χ0n) is 18.2. The fraction of sp³-hybridized carbons (Fsp3) is 0. The van der Waals surface area contributed by atoms with Crippen molar-refractivity contribution in [3.8, 4) is 22.5 Å². The van der Waals surface area contributed by atoms with E-state index >= 15 is 0 Å². The van der Waals surface area contributed by atoms with E-state index in [1.165, 1.54) is 12.1 Å². The molecule has 0 bridgehead atoms. The summed E-state index contributed by atoms with van der Waals surface area (Å²) in [5.41, 5.74) is 1.66. The monoisotopic (exact) mass is 468 g/mol. The summed E-state index contributed by atoms with van der Waals surface area (Å²) in [6, 6.07) is 14.1. The summed E-state index contributed by atoms with van der Waals surface area (Å²) in [7, 11) is 0. The van der Waals surface area contributed by atoms with Gasteiger partial charge in [-0.05, 0) is 67.3 Å². The van der Waals surface area contributed by atoms with Crippen LogP contribution in [0, 0.1) is 11.6 Å². The summed E-state index contributed by atoms with van der Waals surface area (Å²) in [6.07, 6.45) is 13.8. The molecule has 0 N–H and O–H groups in total. The second-order valence-electron chi connectivity index (χ2n) is 7.86. The third-order valence-electron chi connectivity index (χ3n) is 5.87. The van der Waals surface area contributed by atoms with Crippen molar-refractivity contribution in [2.75, 3.05) is 0 Å².